The summed E-state index contributed by atoms with van der Waals surface area (Å²) >= 11 is 0. The zero-order valence-electron chi connectivity index (χ0n) is 11.2. The van der Waals surface area contributed by atoms with E-state index in [1.165, 1.54) is 25.7 Å². The van der Waals surface area contributed by atoms with Crippen LogP contribution in [0, 0.1) is 11.8 Å². The SMILES string of the molecule is CC1CCCC(NC(=O)C2NCCCC2C)C1. The van der Waals surface area contributed by atoms with Crippen LogP contribution in [0.25, 0.3) is 0 Å². The van der Waals surface area contributed by atoms with Crippen LogP contribution in [0.4, 0.5) is 0 Å². The second-order valence-electron chi connectivity index (χ2n) is 6.03. The summed E-state index contributed by atoms with van der Waals surface area (Å²) in [5.74, 6) is 1.48. The zero-order chi connectivity index (χ0) is 12.3. The van der Waals surface area contributed by atoms with Crippen LogP contribution in [0.5, 0.6) is 0 Å². The highest BCUT2D eigenvalue weighted by Gasteiger charge is 2.29. The molecule has 0 aromatic heterocycles. The average molecular weight is 238 g/mol. The number of amides is 1. The fourth-order valence-corrected chi connectivity index (χ4v) is 3.26. The third-order valence-corrected chi connectivity index (χ3v) is 4.33. The molecule has 4 atom stereocenters. The van der Waals surface area contributed by atoms with Gasteiger partial charge in [-0.25, -0.2) is 0 Å². The molecule has 1 aliphatic carbocycles. The lowest BCUT2D eigenvalue weighted by molar-refractivity contribution is -0.125. The second kappa shape index (κ2) is 5.85. The van der Waals surface area contributed by atoms with E-state index in [1.54, 1.807) is 0 Å². The number of hydrogen-bond acceptors (Lipinski definition) is 2. The van der Waals surface area contributed by atoms with Crippen molar-refractivity contribution in [1.29, 1.82) is 0 Å². The normalized spacial score (nSPS) is 38.7. The van der Waals surface area contributed by atoms with Gasteiger partial charge >= 0.3 is 0 Å². The largest absolute Gasteiger partial charge is 0.352 e. The van der Waals surface area contributed by atoms with Crippen LogP contribution in [-0.4, -0.2) is 24.5 Å². The second-order valence-corrected chi connectivity index (χ2v) is 6.03. The number of hydrogen-bond donors (Lipinski definition) is 2. The van der Waals surface area contributed by atoms with Crippen molar-refractivity contribution >= 4 is 5.91 Å². The minimum absolute atomic E-state index is 0.0426. The van der Waals surface area contributed by atoms with Crippen LogP contribution in [0.2, 0.25) is 0 Å². The summed E-state index contributed by atoms with van der Waals surface area (Å²) in [6.45, 7) is 5.46. The third kappa shape index (κ3) is 3.44. The molecular weight excluding hydrogens is 212 g/mol. The number of carbonyl (C=O) groups is 1. The zero-order valence-corrected chi connectivity index (χ0v) is 11.2. The van der Waals surface area contributed by atoms with Gasteiger partial charge in [0.15, 0.2) is 0 Å². The van der Waals surface area contributed by atoms with Gasteiger partial charge < -0.3 is 10.6 Å². The molecule has 1 aliphatic heterocycles. The first kappa shape index (κ1) is 12.9. The summed E-state index contributed by atoms with van der Waals surface area (Å²) in [4.78, 5) is 12.2. The van der Waals surface area contributed by atoms with Crippen LogP contribution in [0.3, 0.4) is 0 Å². The molecule has 1 heterocycles. The molecule has 1 saturated carbocycles. The molecular formula is C14H26N2O. The van der Waals surface area contributed by atoms with Crippen LogP contribution in [0.15, 0.2) is 0 Å². The first-order valence-electron chi connectivity index (χ1n) is 7.20. The van der Waals surface area contributed by atoms with Crippen molar-refractivity contribution in [3.05, 3.63) is 0 Å². The van der Waals surface area contributed by atoms with E-state index in [0.29, 0.717) is 12.0 Å². The van der Waals surface area contributed by atoms with Gasteiger partial charge in [0.2, 0.25) is 5.91 Å². The molecule has 2 rings (SSSR count). The summed E-state index contributed by atoms with van der Waals surface area (Å²) < 4.78 is 0. The van der Waals surface area contributed by atoms with E-state index in [9.17, 15) is 4.79 Å². The molecule has 3 nitrogen and oxygen atoms in total. The van der Waals surface area contributed by atoms with E-state index in [1.807, 2.05) is 0 Å². The van der Waals surface area contributed by atoms with Crippen molar-refractivity contribution in [2.75, 3.05) is 6.54 Å². The van der Waals surface area contributed by atoms with E-state index in [4.69, 9.17) is 0 Å². The molecule has 2 aliphatic rings. The molecule has 17 heavy (non-hydrogen) atoms. The lowest BCUT2D eigenvalue weighted by atomic mass is 9.86. The predicted octanol–water partition coefficient (Wildman–Crippen LogP) is 2.07. The molecule has 98 valence electrons. The van der Waals surface area contributed by atoms with Crippen molar-refractivity contribution in [3.8, 4) is 0 Å². The Balaban J connectivity index is 1.83. The Bertz CT molecular complexity index is 267. The Morgan fingerprint density at radius 3 is 2.71 bits per heavy atom. The maximum atomic E-state index is 12.2. The van der Waals surface area contributed by atoms with Crippen molar-refractivity contribution in [3.63, 3.8) is 0 Å². The van der Waals surface area contributed by atoms with Crippen LogP contribution in [0.1, 0.15) is 52.4 Å². The Morgan fingerprint density at radius 1 is 1.18 bits per heavy atom. The predicted molar refractivity (Wildman–Crippen MR) is 69.8 cm³/mol. The first-order chi connectivity index (χ1) is 8.16. The Morgan fingerprint density at radius 2 is 2.00 bits per heavy atom. The van der Waals surface area contributed by atoms with Gasteiger partial charge in [0.05, 0.1) is 6.04 Å². The Hall–Kier alpha value is -0.570. The molecule has 0 bridgehead atoms. The average Bonchev–Trinajstić information content (AvgIpc) is 2.29. The minimum Gasteiger partial charge on any atom is -0.352 e. The van der Waals surface area contributed by atoms with Gasteiger partial charge in [-0.05, 0) is 44.1 Å². The summed E-state index contributed by atoms with van der Waals surface area (Å²) in [6, 6.07) is 0.461. The molecule has 1 amide bonds. The smallest absolute Gasteiger partial charge is 0.237 e. The minimum atomic E-state index is 0.0426. The van der Waals surface area contributed by atoms with Gasteiger partial charge in [-0.15, -0.1) is 0 Å². The Kier molecular flexibility index (Phi) is 4.43. The molecule has 4 unspecified atom stereocenters. The first-order valence-corrected chi connectivity index (χ1v) is 7.20. The fourth-order valence-electron chi connectivity index (χ4n) is 3.26. The monoisotopic (exact) mass is 238 g/mol. The van der Waals surface area contributed by atoms with Gasteiger partial charge in [-0.2, -0.15) is 0 Å². The number of rotatable bonds is 2. The molecule has 2 N–H and O–H groups in total. The third-order valence-electron chi connectivity index (χ3n) is 4.33. The summed E-state index contributed by atoms with van der Waals surface area (Å²) in [7, 11) is 0. The topological polar surface area (TPSA) is 41.1 Å². The fraction of sp³-hybridized carbons (Fsp3) is 0.929. The number of nitrogens with one attached hydrogen (secondary N) is 2. The highest BCUT2D eigenvalue weighted by atomic mass is 16.2. The van der Waals surface area contributed by atoms with E-state index >= 15 is 0 Å². The van der Waals surface area contributed by atoms with E-state index in [2.05, 4.69) is 24.5 Å². The quantitative estimate of drug-likeness (QED) is 0.773. The summed E-state index contributed by atoms with van der Waals surface area (Å²) in [5, 5.41) is 6.61. The van der Waals surface area contributed by atoms with Crippen LogP contribution >= 0.6 is 0 Å². The maximum absolute atomic E-state index is 12.2. The number of piperidine rings is 1. The highest BCUT2D eigenvalue weighted by Crippen LogP contribution is 2.24. The highest BCUT2D eigenvalue weighted by molar-refractivity contribution is 5.82. The maximum Gasteiger partial charge on any atom is 0.237 e. The lowest BCUT2D eigenvalue weighted by Crippen LogP contribution is -2.53. The van der Waals surface area contributed by atoms with Crippen molar-refractivity contribution in [1.82, 2.24) is 10.6 Å². The van der Waals surface area contributed by atoms with Gasteiger partial charge in [0.1, 0.15) is 0 Å². The van der Waals surface area contributed by atoms with Gasteiger partial charge in [0, 0.05) is 6.04 Å². The van der Waals surface area contributed by atoms with E-state index in [0.717, 1.165) is 25.3 Å². The molecule has 2 fully saturated rings. The van der Waals surface area contributed by atoms with Crippen molar-refractivity contribution in [2.45, 2.75) is 64.5 Å². The van der Waals surface area contributed by atoms with Gasteiger partial charge in [0.25, 0.3) is 0 Å². The van der Waals surface area contributed by atoms with Crippen LogP contribution in [-0.2, 0) is 4.79 Å². The molecule has 0 spiro atoms. The Labute approximate surface area is 105 Å². The molecule has 0 radical (unpaired) electrons. The molecule has 0 aromatic rings. The van der Waals surface area contributed by atoms with Crippen LogP contribution < -0.4 is 10.6 Å². The van der Waals surface area contributed by atoms with Crippen molar-refractivity contribution in [2.24, 2.45) is 11.8 Å². The summed E-state index contributed by atoms with van der Waals surface area (Å²) in [5.41, 5.74) is 0. The summed E-state index contributed by atoms with van der Waals surface area (Å²) in [6.07, 6.45) is 7.28. The van der Waals surface area contributed by atoms with Gasteiger partial charge in [-0.3, -0.25) is 4.79 Å². The molecule has 0 aromatic carbocycles. The number of carbonyl (C=O) groups excluding carboxylic acids is 1. The standard InChI is InChI=1S/C14H26N2O/c1-10-5-3-7-12(9-10)16-14(17)13-11(2)6-4-8-15-13/h10-13,15H,3-9H2,1-2H3,(H,16,17). The van der Waals surface area contributed by atoms with E-state index in [-0.39, 0.29) is 11.9 Å². The van der Waals surface area contributed by atoms with Gasteiger partial charge in [-0.1, -0.05) is 26.7 Å². The molecule has 3 heteroatoms. The lowest BCUT2D eigenvalue weighted by Gasteiger charge is -2.33. The van der Waals surface area contributed by atoms with Crippen molar-refractivity contribution < 1.29 is 4.79 Å². The van der Waals surface area contributed by atoms with E-state index < -0.39 is 0 Å². The molecule has 1 saturated heterocycles.